The molecular formula is C18H25ClN2O2. The molecule has 0 aliphatic heterocycles. The summed E-state index contributed by atoms with van der Waals surface area (Å²) in [5.74, 6) is 0.161. The van der Waals surface area contributed by atoms with Crippen molar-refractivity contribution >= 4 is 23.2 Å². The van der Waals surface area contributed by atoms with E-state index >= 15 is 0 Å². The standard InChI is InChI=1S/C18H25ClN2O2/c1-4-18(2,3)12-5-8-14(9-6-12)20-21-17(23)15-10-7-13(19)11-16(15)22/h7,10-12,22H,4-6,8-9H2,1-3H3,(H,21,23). The monoisotopic (exact) mass is 336 g/mol. The van der Waals surface area contributed by atoms with Crippen LogP contribution in [0, 0.1) is 11.3 Å². The van der Waals surface area contributed by atoms with Crippen molar-refractivity contribution in [1.82, 2.24) is 5.43 Å². The lowest BCUT2D eigenvalue weighted by Gasteiger charge is -2.36. The minimum absolute atomic E-state index is 0.136. The Morgan fingerprint density at radius 3 is 2.61 bits per heavy atom. The van der Waals surface area contributed by atoms with E-state index in [9.17, 15) is 9.90 Å². The smallest absolute Gasteiger partial charge is 0.275 e. The van der Waals surface area contributed by atoms with E-state index in [0.29, 0.717) is 16.4 Å². The molecular weight excluding hydrogens is 312 g/mol. The molecule has 1 aliphatic carbocycles. The molecule has 5 heteroatoms. The fourth-order valence-electron chi connectivity index (χ4n) is 3.02. The molecule has 1 saturated carbocycles. The number of phenolic OH excluding ortho intramolecular Hbond substituents is 1. The zero-order valence-corrected chi connectivity index (χ0v) is 14.8. The summed E-state index contributed by atoms with van der Waals surface area (Å²) in [5, 5.41) is 14.4. The summed E-state index contributed by atoms with van der Waals surface area (Å²) >= 11 is 5.76. The highest BCUT2D eigenvalue weighted by atomic mass is 35.5. The third kappa shape index (κ3) is 4.47. The molecule has 1 aromatic rings. The average Bonchev–Trinajstić information content (AvgIpc) is 2.53. The number of benzene rings is 1. The van der Waals surface area contributed by atoms with Crippen molar-refractivity contribution in [2.24, 2.45) is 16.4 Å². The Labute approximate surface area is 142 Å². The number of halogens is 1. The zero-order valence-electron chi connectivity index (χ0n) is 14.0. The molecule has 2 N–H and O–H groups in total. The van der Waals surface area contributed by atoms with Gasteiger partial charge in [0.25, 0.3) is 5.91 Å². The van der Waals surface area contributed by atoms with Crippen LogP contribution in [0.25, 0.3) is 0 Å². The topological polar surface area (TPSA) is 61.7 Å². The number of nitrogens with zero attached hydrogens (tertiary/aromatic N) is 1. The summed E-state index contributed by atoms with van der Waals surface area (Å²) in [5.41, 5.74) is 4.11. The first-order valence-electron chi connectivity index (χ1n) is 8.17. The number of aromatic hydroxyl groups is 1. The highest BCUT2D eigenvalue weighted by Crippen LogP contribution is 2.39. The molecule has 0 bridgehead atoms. The van der Waals surface area contributed by atoms with Gasteiger partial charge in [0.15, 0.2) is 0 Å². The molecule has 126 valence electrons. The van der Waals surface area contributed by atoms with Crippen LogP contribution >= 0.6 is 11.6 Å². The maximum absolute atomic E-state index is 12.1. The molecule has 1 amide bonds. The maximum atomic E-state index is 12.1. The van der Waals surface area contributed by atoms with E-state index in [4.69, 9.17) is 11.6 Å². The second kappa shape index (κ2) is 7.35. The van der Waals surface area contributed by atoms with Gasteiger partial charge in [-0.25, -0.2) is 5.43 Å². The van der Waals surface area contributed by atoms with Crippen LogP contribution in [0.2, 0.25) is 5.02 Å². The molecule has 4 nitrogen and oxygen atoms in total. The van der Waals surface area contributed by atoms with Crippen molar-refractivity contribution in [2.75, 3.05) is 0 Å². The lowest BCUT2D eigenvalue weighted by molar-refractivity contribution is 0.0951. The molecule has 23 heavy (non-hydrogen) atoms. The second-order valence-corrected chi connectivity index (χ2v) is 7.33. The van der Waals surface area contributed by atoms with Crippen LogP contribution in [0.4, 0.5) is 0 Å². The summed E-state index contributed by atoms with van der Waals surface area (Å²) in [6.45, 7) is 6.89. The van der Waals surface area contributed by atoms with Gasteiger partial charge in [-0.3, -0.25) is 4.79 Å². The van der Waals surface area contributed by atoms with Crippen molar-refractivity contribution in [3.63, 3.8) is 0 Å². The predicted octanol–water partition coefficient (Wildman–Crippen LogP) is 4.76. The number of hydrogen-bond donors (Lipinski definition) is 2. The Kier molecular flexibility index (Phi) is 5.69. The fourth-order valence-corrected chi connectivity index (χ4v) is 3.19. The number of hydrogen-bond acceptors (Lipinski definition) is 3. The number of hydrazone groups is 1. The van der Waals surface area contributed by atoms with Crippen molar-refractivity contribution in [3.8, 4) is 5.75 Å². The van der Waals surface area contributed by atoms with Gasteiger partial charge in [0.1, 0.15) is 5.75 Å². The van der Waals surface area contributed by atoms with Gasteiger partial charge in [-0.2, -0.15) is 5.10 Å². The Morgan fingerprint density at radius 2 is 2.04 bits per heavy atom. The first kappa shape index (κ1) is 17.8. The van der Waals surface area contributed by atoms with Gasteiger partial charge in [-0.05, 0) is 55.2 Å². The lowest BCUT2D eigenvalue weighted by Crippen LogP contribution is -2.29. The normalized spacial score (nSPS) is 18.6. The van der Waals surface area contributed by atoms with Crippen molar-refractivity contribution in [3.05, 3.63) is 28.8 Å². The summed E-state index contributed by atoms with van der Waals surface area (Å²) in [6.07, 6.45) is 5.24. The third-order valence-corrected chi connectivity index (χ3v) is 5.33. The van der Waals surface area contributed by atoms with E-state index in [1.165, 1.54) is 18.6 Å². The highest BCUT2D eigenvalue weighted by molar-refractivity contribution is 6.30. The van der Waals surface area contributed by atoms with Gasteiger partial charge >= 0.3 is 0 Å². The molecule has 0 saturated heterocycles. The second-order valence-electron chi connectivity index (χ2n) is 6.90. The minimum atomic E-state index is -0.414. The Hall–Kier alpha value is -1.55. The first-order valence-corrected chi connectivity index (χ1v) is 8.55. The van der Waals surface area contributed by atoms with Gasteiger partial charge in [-0.1, -0.05) is 38.8 Å². The van der Waals surface area contributed by atoms with Crippen LogP contribution < -0.4 is 5.43 Å². The molecule has 1 fully saturated rings. The van der Waals surface area contributed by atoms with E-state index in [1.54, 1.807) is 6.07 Å². The van der Waals surface area contributed by atoms with E-state index in [0.717, 1.165) is 31.4 Å². The number of carbonyl (C=O) groups excluding carboxylic acids is 1. The van der Waals surface area contributed by atoms with Crippen LogP contribution in [-0.4, -0.2) is 16.7 Å². The van der Waals surface area contributed by atoms with Crippen LogP contribution in [0.3, 0.4) is 0 Å². The summed E-state index contributed by atoms with van der Waals surface area (Å²) in [6, 6.07) is 4.41. The maximum Gasteiger partial charge on any atom is 0.275 e. The van der Waals surface area contributed by atoms with Crippen molar-refractivity contribution < 1.29 is 9.90 Å². The van der Waals surface area contributed by atoms with Crippen LogP contribution in [0.15, 0.2) is 23.3 Å². The summed E-state index contributed by atoms with van der Waals surface area (Å²) in [4.78, 5) is 12.1. The zero-order chi connectivity index (χ0) is 17.0. The first-order chi connectivity index (χ1) is 10.8. The van der Waals surface area contributed by atoms with Gasteiger partial charge in [0.2, 0.25) is 0 Å². The molecule has 1 aliphatic rings. The van der Waals surface area contributed by atoms with Crippen LogP contribution in [0.1, 0.15) is 63.2 Å². The molecule has 0 heterocycles. The summed E-state index contributed by atoms with van der Waals surface area (Å²) < 4.78 is 0. The van der Waals surface area contributed by atoms with Crippen LogP contribution in [0.5, 0.6) is 5.75 Å². The molecule has 2 rings (SSSR count). The van der Waals surface area contributed by atoms with Gasteiger partial charge in [0.05, 0.1) is 5.56 Å². The molecule has 0 atom stereocenters. The SMILES string of the molecule is CCC(C)(C)C1CCC(=NNC(=O)c2ccc(Cl)cc2O)CC1. The van der Waals surface area contributed by atoms with E-state index in [2.05, 4.69) is 31.3 Å². The molecule has 0 unspecified atom stereocenters. The molecule has 0 spiro atoms. The lowest BCUT2D eigenvalue weighted by atomic mass is 9.69. The average molecular weight is 337 g/mol. The summed E-state index contributed by atoms with van der Waals surface area (Å²) in [7, 11) is 0. The van der Waals surface area contributed by atoms with Crippen LogP contribution in [-0.2, 0) is 0 Å². The quantitative estimate of drug-likeness (QED) is 0.779. The van der Waals surface area contributed by atoms with Crippen molar-refractivity contribution in [1.29, 1.82) is 0 Å². The number of carbonyl (C=O) groups is 1. The molecule has 0 aromatic heterocycles. The number of amides is 1. The number of phenols is 1. The highest BCUT2D eigenvalue weighted by Gasteiger charge is 2.30. The Morgan fingerprint density at radius 1 is 1.39 bits per heavy atom. The third-order valence-electron chi connectivity index (χ3n) is 5.10. The Balaban J connectivity index is 1.93. The predicted molar refractivity (Wildman–Crippen MR) is 94.0 cm³/mol. The molecule has 1 aromatic carbocycles. The number of rotatable bonds is 4. The van der Waals surface area contributed by atoms with Gasteiger partial charge < -0.3 is 5.11 Å². The van der Waals surface area contributed by atoms with E-state index in [-0.39, 0.29) is 11.3 Å². The van der Waals surface area contributed by atoms with Gasteiger partial charge in [0, 0.05) is 10.7 Å². The van der Waals surface area contributed by atoms with E-state index < -0.39 is 5.91 Å². The molecule has 0 radical (unpaired) electrons. The Bertz CT molecular complexity index is 601. The fraction of sp³-hybridized carbons (Fsp3) is 0.556. The van der Waals surface area contributed by atoms with E-state index in [1.807, 2.05) is 0 Å². The van der Waals surface area contributed by atoms with Gasteiger partial charge in [-0.15, -0.1) is 0 Å². The minimum Gasteiger partial charge on any atom is -0.507 e. The van der Waals surface area contributed by atoms with Crippen molar-refractivity contribution in [2.45, 2.75) is 52.9 Å². The number of nitrogens with one attached hydrogen (secondary N) is 1. The largest absolute Gasteiger partial charge is 0.507 e.